The van der Waals surface area contributed by atoms with E-state index in [-0.39, 0.29) is 10.8 Å². The Kier molecular flexibility index (Phi) is 6.33. The summed E-state index contributed by atoms with van der Waals surface area (Å²) in [6.07, 6.45) is -3.01. The first-order chi connectivity index (χ1) is 8.95. The van der Waals surface area contributed by atoms with E-state index in [0.717, 1.165) is 12.3 Å². The molecule has 0 bridgehead atoms. The number of ether oxygens (including phenoxy) is 1. The number of nitrogens with zero attached hydrogens (tertiary/aromatic N) is 1. The van der Waals surface area contributed by atoms with Gasteiger partial charge in [0.15, 0.2) is 0 Å². The first-order valence-electron chi connectivity index (χ1n) is 5.69. The second-order valence-corrected chi connectivity index (χ2v) is 4.14. The fraction of sp³-hybridized carbons (Fsp3) is 0.545. The molecule has 0 saturated carbocycles. The minimum Gasteiger partial charge on any atom is -0.380 e. The first kappa shape index (κ1) is 16.0. The van der Waals surface area contributed by atoms with E-state index in [1.807, 2.05) is 0 Å². The number of halogens is 4. The van der Waals surface area contributed by atoms with E-state index in [2.05, 4.69) is 10.3 Å². The van der Waals surface area contributed by atoms with E-state index >= 15 is 0 Å². The highest BCUT2D eigenvalue weighted by atomic mass is 35.5. The van der Waals surface area contributed by atoms with Crippen molar-refractivity contribution < 1.29 is 17.9 Å². The van der Waals surface area contributed by atoms with Gasteiger partial charge in [-0.3, -0.25) is 0 Å². The molecule has 4 nitrogen and oxygen atoms in total. The van der Waals surface area contributed by atoms with Crippen molar-refractivity contribution >= 4 is 17.4 Å². The molecule has 0 aromatic carbocycles. The topological polar surface area (TPSA) is 60.2 Å². The molecule has 1 aromatic rings. The van der Waals surface area contributed by atoms with Gasteiger partial charge in [0.1, 0.15) is 5.82 Å². The van der Waals surface area contributed by atoms with Gasteiger partial charge in [-0.2, -0.15) is 13.2 Å². The second-order valence-electron chi connectivity index (χ2n) is 3.73. The first-order valence-corrected chi connectivity index (χ1v) is 6.07. The molecule has 0 aliphatic carbocycles. The van der Waals surface area contributed by atoms with Gasteiger partial charge in [0, 0.05) is 25.9 Å². The van der Waals surface area contributed by atoms with Crippen molar-refractivity contribution in [1.29, 1.82) is 0 Å². The number of nitrogens with one attached hydrogen (secondary N) is 1. The standard InChI is InChI=1S/C11H15ClF3N3O/c12-9-6-8(11(13,14)15)7-18-10(9)17-3-1-4-19-5-2-16/h6-7H,1-5,16H2,(H,17,18). The fourth-order valence-electron chi connectivity index (χ4n) is 1.29. The molecule has 0 spiro atoms. The van der Waals surface area contributed by atoms with Crippen LogP contribution in [0.15, 0.2) is 12.3 Å². The van der Waals surface area contributed by atoms with E-state index in [1.54, 1.807) is 0 Å². The van der Waals surface area contributed by atoms with Gasteiger partial charge in [-0.05, 0) is 12.5 Å². The lowest BCUT2D eigenvalue weighted by Crippen LogP contribution is -2.12. The largest absolute Gasteiger partial charge is 0.417 e. The molecule has 19 heavy (non-hydrogen) atoms. The predicted molar refractivity (Wildman–Crippen MR) is 67.2 cm³/mol. The van der Waals surface area contributed by atoms with Crippen LogP contribution in [-0.4, -0.2) is 31.3 Å². The molecule has 3 N–H and O–H groups in total. The lowest BCUT2D eigenvalue weighted by Gasteiger charge is -2.10. The molecule has 0 radical (unpaired) electrons. The average molecular weight is 298 g/mol. The summed E-state index contributed by atoms with van der Waals surface area (Å²) in [5.74, 6) is 0.230. The summed E-state index contributed by atoms with van der Waals surface area (Å²) >= 11 is 5.73. The molecule has 0 aliphatic rings. The van der Waals surface area contributed by atoms with Crippen molar-refractivity contribution in [2.24, 2.45) is 5.73 Å². The molecule has 0 saturated heterocycles. The Labute approximate surface area is 114 Å². The predicted octanol–water partition coefficient (Wildman–Crippen LogP) is 2.53. The number of hydrogen-bond donors (Lipinski definition) is 2. The van der Waals surface area contributed by atoms with Crippen LogP contribution < -0.4 is 11.1 Å². The van der Waals surface area contributed by atoms with Crippen LogP contribution in [0.3, 0.4) is 0 Å². The van der Waals surface area contributed by atoms with Crippen LogP contribution in [0.2, 0.25) is 5.02 Å². The zero-order valence-corrected chi connectivity index (χ0v) is 10.9. The molecule has 1 aromatic heterocycles. The van der Waals surface area contributed by atoms with Crippen LogP contribution in [0.25, 0.3) is 0 Å². The molecule has 1 heterocycles. The van der Waals surface area contributed by atoms with Crippen molar-refractivity contribution in [2.75, 3.05) is 31.6 Å². The van der Waals surface area contributed by atoms with Gasteiger partial charge in [0.25, 0.3) is 0 Å². The monoisotopic (exact) mass is 297 g/mol. The Bertz CT molecular complexity index is 401. The highest BCUT2D eigenvalue weighted by Crippen LogP contribution is 2.32. The number of hydrogen-bond acceptors (Lipinski definition) is 4. The zero-order chi connectivity index (χ0) is 14.3. The molecule has 0 fully saturated rings. The Balaban J connectivity index is 2.43. The summed E-state index contributed by atoms with van der Waals surface area (Å²) in [5.41, 5.74) is 4.38. The molecule has 0 aliphatic heterocycles. The van der Waals surface area contributed by atoms with E-state index in [9.17, 15) is 13.2 Å². The van der Waals surface area contributed by atoms with Gasteiger partial charge in [-0.15, -0.1) is 0 Å². The van der Waals surface area contributed by atoms with Crippen molar-refractivity contribution in [3.05, 3.63) is 22.8 Å². The average Bonchev–Trinajstić information content (AvgIpc) is 2.34. The molecule has 0 unspecified atom stereocenters. The molecule has 0 atom stereocenters. The van der Waals surface area contributed by atoms with Crippen molar-refractivity contribution in [2.45, 2.75) is 12.6 Å². The fourth-order valence-corrected chi connectivity index (χ4v) is 1.52. The highest BCUT2D eigenvalue weighted by Gasteiger charge is 2.31. The third-order valence-corrected chi connectivity index (χ3v) is 2.48. The summed E-state index contributed by atoms with van der Waals surface area (Å²) in [4.78, 5) is 3.65. The van der Waals surface area contributed by atoms with Crippen LogP contribution in [0.1, 0.15) is 12.0 Å². The molecular weight excluding hydrogens is 283 g/mol. The minimum atomic E-state index is -4.44. The SMILES string of the molecule is NCCOCCCNc1ncc(C(F)(F)F)cc1Cl. The van der Waals surface area contributed by atoms with E-state index < -0.39 is 11.7 Å². The Morgan fingerprint density at radius 3 is 2.68 bits per heavy atom. The number of anilines is 1. The summed E-state index contributed by atoms with van der Waals surface area (Å²) in [5, 5.41) is 2.79. The van der Waals surface area contributed by atoms with Gasteiger partial charge in [0.2, 0.25) is 0 Å². The zero-order valence-electron chi connectivity index (χ0n) is 10.1. The maximum absolute atomic E-state index is 12.4. The maximum Gasteiger partial charge on any atom is 0.417 e. The molecule has 1 rings (SSSR count). The summed E-state index contributed by atoms with van der Waals surface area (Å²) < 4.78 is 42.3. The Morgan fingerprint density at radius 2 is 2.11 bits per heavy atom. The highest BCUT2D eigenvalue weighted by molar-refractivity contribution is 6.32. The lowest BCUT2D eigenvalue weighted by atomic mass is 10.3. The van der Waals surface area contributed by atoms with Crippen molar-refractivity contribution in [3.8, 4) is 0 Å². The molecule has 108 valence electrons. The summed E-state index contributed by atoms with van der Waals surface area (Å²) in [7, 11) is 0. The molecule has 0 amide bonds. The van der Waals surface area contributed by atoms with Gasteiger partial charge >= 0.3 is 6.18 Å². The van der Waals surface area contributed by atoms with E-state index in [4.69, 9.17) is 22.1 Å². The molecular formula is C11H15ClF3N3O. The Hall–Kier alpha value is -1.05. The normalized spacial score (nSPS) is 11.6. The quantitative estimate of drug-likeness (QED) is 0.759. The second kappa shape index (κ2) is 7.52. The van der Waals surface area contributed by atoms with E-state index in [0.29, 0.717) is 32.7 Å². The Morgan fingerprint density at radius 1 is 1.37 bits per heavy atom. The van der Waals surface area contributed by atoms with Crippen LogP contribution >= 0.6 is 11.6 Å². The van der Waals surface area contributed by atoms with Gasteiger partial charge < -0.3 is 15.8 Å². The van der Waals surface area contributed by atoms with Crippen molar-refractivity contribution in [3.63, 3.8) is 0 Å². The number of nitrogens with two attached hydrogens (primary N) is 1. The smallest absolute Gasteiger partial charge is 0.380 e. The minimum absolute atomic E-state index is 0.0577. The van der Waals surface area contributed by atoms with Crippen LogP contribution in [0, 0.1) is 0 Å². The van der Waals surface area contributed by atoms with Crippen molar-refractivity contribution in [1.82, 2.24) is 4.98 Å². The number of rotatable bonds is 7. The third kappa shape index (κ3) is 5.63. The summed E-state index contributed by atoms with van der Waals surface area (Å²) in [6.45, 7) is 1.96. The van der Waals surface area contributed by atoms with Crippen LogP contribution in [-0.2, 0) is 10.9 Å². The lowest BCUT2D eigenvalue weighted by molar-refractivity contribution is -0.137. The van der Waals surface area contributed by atoms with Gasteiger partial charge in [-0.1, -0.05) is 11.6 Å². The van der Waals surface area contributed by atoms with Crippen LogP contribution in [0.4, 0.5) is 19.0 Å². The summed E-state index contributed by atoms with van der Waals surface area (Å²) in [6, 6.07) is 0.849. The molecule has 8 heteroatoms. The maximum atomic E-state index is 12.4. The number of alkyl halides is 3. The third-order valence-electron chi connectivity index (χ3n) is 2.19. The number of pyridine rings is 1. The van der Waals surface area contributed by atoms with Crippen LogP contribution in [0.5, 0.6) is 0 Å². The van der Waals surface area contributed by atoms with E-state index in [1.165, 1.54) is 0 Å². The van der Waals surface area contributed by atoms with Gasteiger partial charge in [0.05, 0.1) is 17.2 Å². The van der Waals surface area contributed by atoms with Gasteiger partial charge in [-0.25, -0.2) is 4.98 Å². The number of aromatic nitrogens is 1.